The number of hydrogen-bond acceptors (Lipinski definition) is 3. The Morgan fingerprint density at radius 2 is 2.11 bits per heavy atom. The second kappa shape index (κ2) is 4.14. The number of carboxylic acid groups (broad SMARTS) is 1. The van der Waals surface area contributed by atoms with Crippen molar-refractivity contribution in [2.75, 3.05) is 0 Å². The van der Waals surface area contributed by atoms with Crippen molar-refractivity contribution in [2.45, 2.75) is 18.8 Å². The molecule has 4 nitrogen and oxygen atoms in total. The number of aromatic carboxylic acids is 1. The minimum absolute atomic E-state index is 0.0626. The van der Waals surface area contributed by atoms with Crippen molar-refractivity contribution in [1.29, 1.82) is 0 Å². The Balaban J connectivity index is 2.11. The van der Waals surface area contributed by atoms with Crippen LogP contribution in [0.5, 0.6) is 0 Å². The Labute approximate surface area is 108 Å². The summed E-state index contributed by atoms with van der Waals surface area (Å²) in [6, 6.07) is 7.09. The Bertz CT molecular complexity index is 616. The van der Waals surface area contributed by atoms with Gasteiger partial charge in [-0.25, -0.2) is 9.78 Å². The van der Waals surface area contributed by atoms with E-state index in [9.17, 15) is 4.79 Å². The molecule has 92 valence electrons. The van der Waals surface area contributed by atoms with Gasteiger partial charge >= 0.3 is 5.97 Å². The van der Waals surface area contributed by atoms with Gasteiger partial charge in [0.15, 0.2) is 0 Å². The number of halogens is 1. The van der Waals surface area contributed by atoms with Gasteiger partial charge < -0.3 is 9.52 Å². The first kappa shape index (κ1) is 11.3. The summed E-state index contributed by atoms with van der Waals surface area (Å²) in [4.78, 5) is 15.4. The van der Waals surface area contributed by atoms with Crippen LogP contribution in [0.3, 0.4) is 0 Å². The van der Waals surface area contributed by atoms with Gasteiger partial charge in [-0.05, 0) is 25.0 Å². The number of rotatable bonds is 3. The normalized spacial score (nSPS) is 14.7. The molecule has 1 aliphatic carbocycles. The van der Waals surface area contributed by atoms with E-state index in [1.54, 1.807) is 18.2 Å². The maximum absolute atomic E-state index is 11.1. The van der Waals surface area contributed by atoms with E-state index in [0.717, 1.165) is 12.8 Å². The number of aromatic nitrogens is 1. The number of carboxylic acids is 1. The van der Waals surface area contributed by atoms with Crippen LogP contribution in [0.25, 0.3) is 11.5 Å². The zero-order chi connectivity index (χ0) is 12.7. The van der Waals surface area contributed by atoms with Crippen molar-refractivity contribution in [3.8, 4) is 11.5 Å². The minimum Gasteiger partial charge on any atom is -0.475 e. The molecule has 0 atom stereocenters. The molecule has 1 aromatic heterocycles. The molecule has 1 heterocycles. The first-order chi connectivity index (χ1) is 8.66. The van der Waals surface area contributed by atoms with E-state index in [4.69, 9.17) is 21.1 Å². The fraction of sp³-hybridized carbons (Fsp3) is 0.231. The quantitative estimate of drug-likeness (QED) is 0.919. The predicted molar refractivity (Wildman–Crippen MR) is 65.9 cm³/mol. The maximum Gasteiger partial charge on any atom is 0.373 e. The molecule has 0 radical (unpaired) electrons. The highest BCUT2D eigenvalue weighted by molar-refractivity contribution is 6.33. The average molecular weight is 264 g/mol. The van der Waals surface area contributed by atoms with E-state index in [2.05, 4.69) is 4.98 Å². The molecule has 2 aromatic rings. The fourth-order valence-electron chi connectivity index (χ4n) is 1.87. The van der Waals surface area contributed by atoms with Crippen molar-refractivity contribution in [1.82, 2.24) is 4.98 Å². The second-order valence-corrected chi connectivity index (χ2v) is 4.70. The summed E-state index contributed by atoms with van der Waals surface area (Å²) in [6.07, 6.45) is 1.93. The monoisotopic (exact) mass is 263 g/mol. The van der Waals surface area contributed by atoms with Crippen molar-refractivity contribution >= 4 is 17.6 Å². The molecule has 1 aromatic carbocycles. The topological polar surface area (TPSA) is 63.3 Å². The zero-order valence-corrected chi connectivity index (χ0v) is 10.1. The van der Waals surface area contributed by atoms with Gasteiger partial charge in [0.1, 0.15) is 0 Å². The molecule has 0 bridgehead atoms. The minimum atomic E-state index is -1.08. The van der Waals surface area contributed by atoms with Crippen molar-refractivity contribution in [2.24, 2.45) is 0 Å². The molecule has 3 rings (SSSR count). The summed E-state index contributed by atoms with van der Waals surface area (Å²) in [5.41, 5.74) is 1.16. The third-order valence-corrected chi connectivity index (χ3v) is 3.25. The van der Waals surface area contributed by atoms with Gasteiger partial charge in [-0.2, -0.15) is 0 Å². The van der Waals surface area contributed by atoms with Crippen LogP contribution in [0.15, 0.2) is 28.7 Å². The van der Waals surface area contributed by atoms with Crippen LogP contribution in [0.2, 0.25) is 5.02 Å². The highest BCUT2D eigenvalue weighted by Gasteiger charge is 2.33. The van der Waals surface area contributed by atoms with Crippen LogP contribution in [0.1, 0.15) is 35.0 Å². The van der Waals surface area contributed by atoms with E-state index in [0.29, 0.717) is 16.3 Å². The lowest BCUT2D eigenvalue weighted by molar-refractivity contribution is 0.0661. The Morgan fingerprint density at radius 1 is 1.39 bits per heavy atom. The fourth-order valence-corrected chi connectivity index (χ4v) is 2.09. The Hall–Kier alpha value is -1.81. The second-order valence-electron chi connectivity index (χ2n) is 4.29. The van der Waals surface area contributed by atoms with E-state index in [1.165, 1.54) is 0 Å². The van der Waals surface area contributed by atoms with Crippen molar-refractivity contribution < 1.29 is 14.3 Å². The molecular formula is C13H10ClNO3. The molecule has 1 aliphatic rings. The van der Waals surface area contributed by atoms with Gasteiger partial charge in [0.2, 0.25) is 11.7 Å². The average Bonchev–Trinajstić information content (AvgIpc) is 3.09. The van der Waals surface area contributed by atoms with Crippen molar-refractivity contribution in [3.05, 3.63) is 40.7 Å². The Morgan fingerprint density at radius 3 is 2.72 bits per heavy atom. The number of hydrogen-bond donors (Lipinski definition) is 1. The van der Waals surface area contributed by atoms with Crippen molar-refractivity contribution in [3.63, 3.8) is 0 Å². The molecular weight excluding hydrogens is 254 g/mol. The summed E-state index contributed by atoms with van der Waals surface area (Å²) < 4.78 is 5.35. The maximum atomic E-state index is 11.1. The summed E-state index contributed by atoms with van der Waals surface area (Å²) in [7, 11) is 0. The lowest BCUT2D eigenvalue weighted by atomic mass is 10.2. The number of nitrogens with zero attached hydrogens (tertiary/aromatic N) is 1. The lowest BCUT2D eigenvalue weighted by Gasteiger charge is -1.97. The Kier molecular flexibility index (Phi) is 2.59. The van der Waals surface area contributed by atoms with Crippen LogP contribution in [0.4, 0.5) is 0 Å². The predicted octanol–water partition coefficient (Wildman–Crippen LogP) is 3.57. The SMILES string of the molecule is O=C(O)c1oc(-c2ccccc2Cl)nc1C1CC1. The first-order valence-corrected chi connectivity index (χ1v) is 6.03. The number of oxazole rings is 1. The molecule has 0 aliphatic heterocycles. The van der Waals surface area contributed by atoms with Crippen LogP contribution in [-0.2, 0) is 0 Å². The van der Waals surface area contributed by atoms with E-state index in [1.807, 2.05) is 6.07 Å². The summed E-state index contributed by atoms with van der Waals surface area (Å²) in [6.45, 7) is 0. The number of benzene rings is 1. The molecule has 1 saturated carbocycles. The summed E-state index contributed by atoms with van der Waals surface area (Å²) >= 11 is 6.05. The molecule has 5 heteroatoms. The van der Waals surface area contributed by atoms with E-state index in [-0.39, 0.29) is 17.6 Å². The first-order valence-electron chi connectivity index (χ1n) is 5.65. The molecule has 1 fully saturated rings. The third kappa shape index (κ3) is 1.88. The molecule has 0 amide bonds. The number of carbonyl (C=O) groups is 1. The van der Waals surface area contributed by atoms with Gasteiger partial charge in [0, 0.05) is 5.92 Å². The van der Waals surface area contributed by atoms with Gasteiger partial charge in [-0.15, -0.1) is 0 Å². The molecule has 0 saturated heterocycles. The van der Waals surface area contributed by atoms with Crippen LogP contribution in [0, 0.1) is 0 Å². The van der Waals surface area contributed by atoms with Crippen LogP contribution in [-0.4, -0.2) is 16.1 Å². The molecule has 1 N–H and O–H groups in total. The van der Waals surface area contributed by atoms with Gasteiger partial charge in [-0.3, -0.25) is 0 Å². The lowest BCUT2D eigenvalue weighted by Crippen LogP contribution is -1.98. The van der Waals surface area contributed by atoms with Crippen LogP contribution >= 0.6 is 11.6 Å². The highest BCUT2D eigenvalue weighted by Crippen LogP contribution is 2.42. The molecule has 0 unspecified atom stereocenters. The largest absolute Gasteiger partial charge is 0.475 e. The zero-order valence-electron chi connectivity index (χ0n) is 9.39. The standard InChI is InChI=1S/C13H10ClNO3/c14-9-4-2-1-3-8(9)12-15-10(7-5-6-7)11(18-12)13(16)17/h1-4,7H,5-6H2,(H,16,17). The molecule has 0 spiro atoms. The smallest absolute Gasteiger partial charge is 0.373 e. The van der Waals surface area contributed by atoms with Crippen LogP contribution < -0.4 is 0 Å². The van der Waals surface area contributed by atoms with E-state index >= 15 is 0 Å². The van der Waals surface area contributed by atoms with E-state index < -0.39 is 5.97 Å². The highest BCUT2D eigenvalue weighted by atomic mass is 35.5. The van der Waals surface area contributed by atoms with Gasteiger partial charge in [0.05, 0.1) is 16.3 Å². The third-order valence-electron chi connectivity index (χ3n) is 2.92. The molecule has 18 heavy (non-hydrogen) atoms. The van der Waals surface area contributed by atoms with Gasteiger partial charge in [-0.1, -0.05) is 23.7 Å². The summed E-state index contributed by atoms with van der Waals surface area (Å²) in [5.74, 6) is -0.647. The summed E-state index contributed by atoms with van der Waals surface area (Å²) in [5, 5.41) is 9.60. The van der Waals surface area contributed by atoms with Gasteiger partial charge in [0.25, 0.3) is 0 Å².